The van der Waals surface area contributed by atoms with Gasteiger partial charge in [-0.25, -0.2) is 4.99 Å². The van der Waals surface area contributed by atoms with Gasteiger partial charge in [0.1, 0.15) is 11.0 Å². The minimum Gasteiger partial charge on any atom is -0.452 e. The van der Waals surface area contributed by atoms with Crippen LogP contribution < -0.4 is 15.3 Å². The summed E-state index contributed by atoms with van der Waals surface area (Å²) < 4.78 is 11.6. The highest BCUT2D eigenvalue weighted by Gasteiger charge is 2.20. The minimum atomic E-state index is 0.144. The van der Waals surface area contributed by atoms with Gasteiger partial charge in [-0.3, -0.25) is 9.69 Å². The molecule has 152 valence electrons. The Morgan fingerprint density at radius 1 is 1.14 bits per heavy atom. The van der Waals surface area contributed by atoms with Crippen molar-refractivity contribution in [2.24, 2.45) is 4.99 Å². The third kappa shape index (κ3) is 3.85. The molecule has 29 heavy (non-hydrogen) atoms. The van der Waals surface area contributed by atoms with E-state index < -0.39 is 0 Å². The van der Waals surface area contributed by atoms with Crippen LogP contribution in [0.1, 0.15) is 39.9 Å². The molecule has 2 aromatic carbocycles. The van der Waals surface area contributed by atoms with Gasteiger partial charge in [0.15, 0.2) is 17.3 Å². The molecule has 0 bridgehead atoms. The lowest BCUT2D eigenvalue weighted by Gasteiger charge is -2.26. The molecule has 0 atom stereocenters. The van der Waals surface area contributed by atoms with Crippen LogP contribution in [-0.2, 0) is 4.74 Å². The van der Waals surface area contributed by atoms with Gasteiger partial charge in [-0.05, 0) is 68.3 Å². The van der Waals surface area contributed by atoms with Crippen molar-refractivity contribution >= 4 is 18.0 Å². The zero-order valence-electron chi connectivity index (χ0n) is 17.5. The third-order valence-corrected chi connectivity index (χ3v) is 6.09. The fraction of sp³-hybridized carbons (Fsp3) is 0.417. The second-order valence-electron chi connectivity index (χ2n) is 7.91. The highest BCUT2D eigenvalue weighted by molar-refractivity contribution is 5.97. The molecule has 4 rings (SSSR count). The molecule has 0 spiro atoms. The molecule has 0 unspecified atom stereocenters. The summed E-state index contributed by atoms with van der Waals surface area (Å²) in [4.78, 5) is 19.9. The zero-order chi connectivity index (χ0) is 20.5. The number of ketones is 1. The van der Waals surface area contributed by atoms with E-state index in [2.05, 4.69) is 18.4 Å². The molecule has 2 aliphatic rings. The fourth-order valence-corrected chi connectivity index (χ4v) is 3.95. The summed E-state index contributed by atoms with van der Waals surface area (Å²) in [7, 11) is 0. The van der Waals surface area contributed by atoms with E-state index in [1.54, 1.807) is 0 Å². The second kappa shape index (κ2) is 8.09. The molecule has 1 fully saturated rings. The van der Waals surface area contributed by atoms with Crippen molar-refractivity contribution in [3.05, 3.63) is 51.0 Å². The number of hydrogen-bond acceptors (Lipinski definition) is 5. The normalized spacial score (nSPS) is 15.8. The molecule has 0 amide bonds. The van der Waals surface area contributed by atoms with Crippen molar-refractivity contribution in [2.75, 3.05) is 32.8 Å². The molecule has 5 nitrogen and oxygen atoms in total. The molecular weight excluding hydrogens is 364 g/mol. The Morgan fingerprint density at radius 3 is 2.66 bits per heavy atom. The van der Waals surface area contributed by atoms with Gasteiger partial charge in [-0.1, -0.05) is 6.58 Å². The predicted molar refractivity (Wildman–Crippen MR) is 114 cm³/mol. The maximum atomic E-state index is 12.7. The van der Waals surface area contributed by atoms with Crippen LogP contribution in [0.25, 0.3) is 6.58 Å². The first kappa shape index (κ1) is 19.8. The van der Waals surface area contributed by atoms with Crippen molar-refractivity contribution in [3.63, 3.8) is 0 Å². The molecule has 0 N–H and O–H groups in total. The second-order valence-corrected chi connectivity index (χ2v) is 7.91. The monoisotopic (exact) mass is 392 g/mol. The summed E-state index contributed by atoms with van der Waals surface area (Å²) in [6.45, 7) is 14.7. The van der Waals surface area contributed by atoms with Gasteiger partial charge >= 0.3 is 0 Å². The zero-order valence-corrected chi connectivity index (χ0v) is 17.5. The van der Waals surface area contributed by atoms with E-state index in [1.807, 2.05) is 32.0 Å². The Kier molecular flexibility index (Phi) is 5.52. The van der Waals surface area contributed by atoms with Gasteiger partial charge in [0, 0.05) is 30.6 Å². The number of nitrogens with zero attached hydrogens (tertiary/aromatic N) is 2. The van der Waals surface area contributed by atoms with Crippen LogP contribution in [0.5, 0.6) is 11.5 Å². The van der Waals surface area contributed by atoms with Crippen LogP contribution in [0.3, 0.4) is 0 Å². The molecule has 2 aromatic rings. The van der Waals surface area contributed by atoms with E-state index in [9.17, 15) is 4.79 Å². The number of carbonyl (C=O) groups is 1. The molecule has 0 radical (unpaired) electrons. The lowest BCUT2D eigenvalue weighted by Crippen LogP contribution is -2.36. The summed E-state index contributed by atoms with van der Waals surface area (Å²) in [5, 5.41) is 1.85. The fourth-order valence-electron chi connectivity index (χ4n) is 3.95. The number of ether oxygens (including phenoxy) is 2. The minimum absolute atomic E-state index is 0.144. The summed E-state index contributed by atoms with van der Waals surface area (Å²) in [5.41, 5.74) is 4.68. The molecule has 0 saturated carbocycles. The van der Waals surface area contributed by atoms with Crippen LogP contribution >= 0.6 is 0 Å². The van der Waals surface area contributed by atoms with E-state index in [1.165, 1.54) is 0 Å². The highest BCUT2D eigenvalue weighted by Crippen LogP contribution is 2.36. The van der Waals surface area contributed by atoms with E-state index in [0.29, 0.717) is 17.7 Å². The number of rotatable bonds is 5. The van der Waals surface area contributed by atoms with Gasteiger partial charge in [0.25, 0.3) is 0 Å². The first-order valence-electron chi connectivity index (χ1n) is 10.3. The van der Waals surface area contributed by atoms with Crippen molar-refractivity contribution in [3.8, 4) is 11.5 Å². The van der Waals surface area contributed by atoms with Gasteiger partial charge in [0.05, 0.1) is 13.2 Å². The molecule has 2 aliphatic heterocycles. The molecule has 0 aromatic heterocycles. The number of hydrogen-bond donors (Lipinski definition) is 0. The van der Waals surface area contributed by atoms with Crippen LogP contribution in [-0.4, -0.2) is 43.5 Å². The van der Waals surface area contributed by atoms with Crippen molar-refractivity contribution in [2.45, 2.75) is 33.6 Å². The Labute approximate surface area is 171 Å². The summed E-state index contributed by atoms with van der Waals surface area (Å²) in [6, 6.07) is 5.57. The van der Waals surface area contributed by atoms with Gasteiger partial charge in [-0.2, -0.15) is 0 Å². The van der Waals surface area contributed by atoms with Crippen LogP contribution in [0.4, 0.5) is 5.69 Å². The average Bonchev–Trinajstić information content (AvgIpc) is 2.75. The van der Waals surface area contributed by atoms with Crippen molar-refractivity contribution < 1.29 is 14.3 Å². The summed E-state index contributed by atoms with van der Waals surface area (Å²) in [6.07, 6.45) is 1.39. The number of fused-ring (bicyclic) bond motifs is 2. The lowest BCUT2D eigenvalue weighted by molar-refractivity contribution is 0.0371. The maximum absolute atomic E-state index is 12.7. The third-order valence-electron chi connectivity index (χ3n) is 6.09. The molecule has 1 saturated heterocycles. The van der Waals surface area contributed by atoms with Gasteiger partial charge in [-0.15, -0.1) is 0 Å². The van der Waals surface area contributed by atoms with Crippen LogP contribution in [0.15, 0.2) is 23.2 Å². The highest BCUT2D eigenvalue weighted by atomic mass is 16.5. The van der Waals surface area contributed by atoms with E-state index in [4.69, 9.17) is 14.5 Å². The topological polar surface area (TPSA) is 51.1 Å². The van der Waals surface area contributed by atoms with Gasteiger partial charge in [0.2, 0.25) is 0 Å². The number of carbonyl (C=O) groups excluding carboxylic acids is 1. The largest absolute Gasteiger partial charge is 0.452 e. The quantitative estimate of drug-likeness (QED) is 0.625. The number of Topliss-reactive ketones (excluding diaryl/α,β-unsaturated/α-hetero) is 1. The van der Waals surface area contributed by atoms with Crippen molar-refractivity contribution in [1.82, 2.24) is 4.90 Å². The Bertz CT molecular complexity index is 1070. The average molecular weight is 392 g/mol. The summed E-state index contributed by atoms with van der Waals surface area (Å²) in [5.74, 6) is 1.54. The van der Waals surface area contributed by atoms with Gasteiger partial charge < -0.3 is 9.47 Å². The first-order chi connectivity index (χ1) is 14.0. The summed E-state index contributed by atoms with van der Waals surface area (Å²) >= 11 is 0. The smallest absolute Gasteiger partial charge is 0.163 e. The SMILES string of the molecule is C=c1c(C)c(C)c2c(c1C)Oc1cc(C(=O)CCCN3CCOCC3)ccc1N=2. The maximum Gasteiger partial charge on any atom is 0.163 e. The lowest BCUT2D eigenvalue weighted by atomic mass is 10.0. The van der Waals surface area contributed by atoms with E-state index in [0.717, 1.165) is 78.0 Å². The Morgan fingerprint density at radius 2 is 1.90 bits per heavy atom. The number of morpholine rings is 1. The standard InChI is InChI=1S/C24H28N2O3/c1-15-16(2)18(4)24-23(17(15)3)25-20-8-7-19(14-22(20)29-24)21(27)6-5-9-26-10-12-28-13-11-26/h7-8,14H,2,5-6,9-13H2,1,3-4H3. The molecular formula is C24H28N2O3. The predicted octanol–water partition coefficient (Wildman–Crippen LogP) is 3.37. The van der Waals surface area contributed by atoms with E-state index in [-0.39, 0.29) is 5.78 Å². The van der Waals surface area contributed by atoms with Crippen LogP contribution in [0, 0.1) is 20.8 Å². The number of benzene rings is 2. The Hall–Kier alpha value is -2.50. The molecule has 0 aliphatic carbocycles. The van der Waals surface area contributed by atoms with E-state index >= 15 is 0 Å². The molecule has 2 heterocycles. The van der Waals surface area contributed by atoms with Crippen molar-refractivity contribution in [1.29, 1.82) is 0 Å². The first-order valence-corrected chi connectivity index (χ1v) is 10.3. The van der Waals surface area contributed by atoms with Crippen LogP contribution in [0.2, 0.25) is 0 Å². The molecule has 5 heteroatoms. The Balaban J connectivity index is 1.52.